The SMILES string of the molecule is CC[C@@H](C)NC(=O)[C@@H](CC(C)C)NC(N)=O. The highest BCUT2D eigenvalue weighted by molar-refractivity contribution is 5.86. The van der Waals surface area contributed by atoms with Gasteiger partial charge in [-0.15, -0.1) is 0 Å². The number of amides is 3. The number of carbonyl (C=O) groups is 2. The summed E-state index contributed by atoms with van der Waals surface area (Å²) in [5, 5.41) is 5.30. The van der Waals surface area contributed by atoms with Crippen LogP contribution in [0, 0.1) is 5.92 Å². The Labute approximate surface area is 97.2 Å². The molecule has 0 aliphatic carbocycles. The molecule has 0 saturated carbocycles. The summed E-state index contributed by atoms with van der Waals surface area (Å²) in [5.74, 6) is 0.154. The Kier molecular flexibility index (Phi) is 6.53. The summed E-state index contributed by atoms with van der Waals surface area (Å²) in [5.41, 5.74) is 5.04. The lowest BCUT2D eigenvalue weighted by Gasteiger charge is -2.21. The van der Waals surface area contributed by atoms with Gasteiger partial charge in [0.05, 0.1) is 0 Å². The van der Waals surface area contributed by atoms with Crippen molar-refractivity contribution in [3.63, 3.8) is 0 Å². The van der Waals surface area contributed by atoms with Gasteiger partial charge >= 0.3 is 6.03 Å². The van der Waals surface area contributed by atoms with Crippen molar-refractivity contribution >= 4 is 11.9 Å². The molecule has 0 aliphatic rings. The van der Waals surface area contributed by atoms with Crippen molar-refractivity contribution in [3.05, 3.63) is 0 Å². The van der Waals surface area contributed by atoms with Crippen LogP contribution >= 0.6 is 0 Å². The third-order valence-electron chi connectivity index (χ3n) is 2.34. The maximum absolute atomic E-state index is 11.8. The fraction of sp³-hybridized carbons (Fsp3) is 0.818. The van der Waals surface area contributed by atoms with Crippen molar-refractivity contribution in [1.82, 2.24) is 10.6 Å². The second kappa shape index (κ2) is 7.09. The van der Waals surface area contributed by atoms with Crippen LogP contribution in [0.3, 0.4) is 0 Å². The van der Waals surface area contributed by atoms with Gasteiger partial charge in [0.25, 0.3) is 0 Å². The van der Waals surface area contributed by atoms with Crippen LogP contribution < -0.4 is 16.4 Å². The van der Waals surface area contributed by atoms with Crippen molar-refractivity contribution in [1.29, 1.82) is 0 Å². The van der Waals surface area contributed by atoms with Gasteiger partial charge in [-0.2, -0.15) is 0 Å². The summed E-state index contributed by atoms with van der Waals surface area (Å²) in [7, 11) is 0. The van der Waals surface area contributed by atoms with E-state index >= 15 is 0 Å². The van der Waals surface area contributed by atoms with Crippen LogP contribution in [-0.2, 0) is 4.79 Å². The summed E-state index contributed by atoms with van der Waals surface area (Å²) in [4.78, 5) is 22.6. The molecule has 4 N–H and O–H groups in total. The van der Waals surface area contributed by atoms with Crippen LogP contribution in [0.25, 0.3) is 0 Å². The first-order chi connectivity index (χ1) is 7.36. The molecule has 0 aromatic rings. The molecule has 16 heavy (non-hydrogen) atoms. The molecule has 0 heterocycles. The smallest absolute Gasteiger partial charge is 0.312 e. The normalized spacial score (nSPS) is 14.3. The molecule has 3 amide bonds. The van der Waals surface area contributed by atoms with Crippen molar-refractivity contribution < 1.29 is 9.59 Å². The highest BCUT2D eigenvalue weighted by Crippen LogP contribution is 2.05. The zero-order valence-electron chi connectivity index (χ0n) is 10.5. The van der Waals surface area contributed by atoms with Crippen LogP contribution in [0.4, 0.5) is 4.79 Å². The summed E-state index contributed by atoms with van der Waals surface area (Å²) >= 11 is 0. The number of nitrogens with two attached hydrogens (primary N) is 1. The molecule has 0 spiro atoms. The van der Waals surface area contributed by atoms with E-state index < -0.39 is 12.1 Å². The number of primary amides is 1. The van der Waals surface area contributed by atoms with E-state index in [0.717, 1.165) is 6.42 Å². The Morgan fingerprint density at radius 2 is 1.75 bits per heavy atom. The van der Waals surface area contributed by atoms with Crippen LogP contribution in [-0.4, -0.2) is 24.0 Å². The van der Waals surface area contributed by atoms with Gasteiger partial charge in [0, 0.05) is 6.04 Å². The molecule has 0 aromatic heterocycles. The molecule has 0 bridgehead atoms. The fourth-order valence-corrected chi connectivity index (χ4v) is 1.32. The summed E-state index contributed by atoms with van der Waals surface area (Å²) in [6.07, 6.45) is 1.45. The zero-order valence-corrected chi connectivity index (χ0v) is 10.5. The van der Waals surface area contributed by atoms with Crippen molar-refractivity contribution in [2.45, 2.75) is 52.6 Å². The second-order valence-electron chi connectivity index (χ2n) is 4.51. The molecule has 2 atom stereocenters. The number of urea groups is 1. The minimum absolute atomic E-state index is 0.108. The molecule has 0 aromatic carbocycles. The molecule has 0 fully saturated rings. The van der Waals surface area contributed by atoms with Crippen molar-refractivity contribution in [3.8, 4) is 0 Å². The quantitative estimate of drug-likeness (QED) is 0.634. The number of hydrogen-bond donors (Lipinski definition) is 3. The maximum Gasteiger partial charge on any atom is 0.312 e. The topological polar surface area (TPSA) is 84.2 Å². The Morgan fingerprint density at radius 3 is 2.12 bits per heavy atom. The van der Waals surface area contributed by atoms with Gasteiger partial charge in [-0.25, -0.2) is 4.79 Å². The molecule has 0 aliphatic heterocycles. The van der Waals surface area contributed by atoms with Gasteiger partial charge in [-0.3, -0.25) is 4.79 Å². The van der Waals surface area contributed by atoms with Gasteiger partial charge < -0.3 is 16.4 Å². The summed E-state index contributed by atoms with van der Waals surface area (Å²) in [6.45, 7) is 7.90. The predicted molar refractivity (Wildman–Crippen MR) is 63.9 cm³/mol. The Morgan fingerprint density at radius 1 is 1.19 bits per heavy atom. The Hall–Kier alpha value is -1.26. The monoisotopic (exact) mass is 229 g/mol. The van der Waals surface area contributed by atoms with Gasteiger partial charge in [-0.1, -0.05) is 20.8 Å². The van der Waals surface area contributed by atoms with E-state index in [1.54, 1.807) is 0 Å². The van der Waals surface area contributed by atoms with Gasteiger partial charge in [0.2, 0.25) is 5.91 Å². The lowest BCUT2D eigenvalue weighted by molar-refractivity contribution is -0.123. The first-order valence-corrected chi connectivity index (χ1v) is 5.73. The Bertz CT molecular complexity index is 241. The summed E-state index contributed by atoms with van der Waals surface area (Å²) in [6, 6.07) is -1.09. The van der Waals surface area contributed by atoms with Crippen molar-refractivity contribution in [2.75, 3.05) is 0 Å². The highest BCUT2D eigenvalue weighted by atomic mass is 16.2. The molecule has 94 valence electrons. The minimum Gasteiger partial charge on any atom is -0.352 e. The van der Waals surface area contributed by atoms with Crippen LogP contribution in [0.5, 0.6) is 0 Å². The maximum atomic E-state index is 11.8. The number of rotatable bonds is 6. The van der Waals surface area contributed by atoms with Crippen LogP contribution in [0.15, 0.2) is 0 Å². The van der Waals surface area contributed by atoms with E-state index in [0.29, 0.717) is 12.3 Å². The van der Waals surface area contributed by atoms with E-state index in [2.05, 4.69) is 10.6 Å². The molecule has 0 rings (SSSR count). The van der Waals surface area contributed by atoms with Crippen LogP contribution in [0.1, 0.15) is 40.5 Å². The van der Waals surface area contributed by atoms with Gasteiger partial charge in [0.1, 0.15) is 6.04 Å². The molecular weight excluding hydrogens is 206 g/mol. The predicted octanol–water partition coefficient (Wildman–Crippen LogP) is 0.984. The Balaban J connectivity index is 4.37. The zero-order chi connectivity index (χ0) is 12.7. The molecule has 0 radical (unpaired) electrons. The molecule has 0 unspecified atom stereocenters. The first kappa shape index (κ1) is 14.7. The third kappa shape index (κ3) is 6.27. The van der Waals surface area contributed by atoms with E-state index in [-0.39, 0.29) is 11.9 Å². The second-order valence-corrected chi connectivity index (χ2v) is 4.51. The lowest BCUT2D eigenvalue weighted by atomic mass is 10.0. The molecular formula is C11H23N3O2. The van der Waals surface area contributed by atoms with Crippen molar-refractivity contribution in [2.24, 2.45) is 11.7 Å². The average molecular weight is 229 g/mol. The molecule has 0 saturated heterocycles. The standard InChI is InChI=1S/C11H23N3O2/c1-5-8(4)13-10(15)9(6-7(2)3)14-11(12)16/h7-9H,5-6H2,1-4H3,(H,13,15)(H3,12,14,16)/t8-,9-/m1/s1. The summed E-state index contributed by atoms with van der Waals surface area (Å²) < 4.78 is 0. The number of carbonyl (C=O) groups excluding carboxylic acids is 2. The third-order valence-corrected chi connectivity index (χ3v) is 2.34. The first-order valence-electron chi connectivity index (χ1n) is 5.73. The largest absolute Gasteiger partial charge is 0.352 e. The van der Waals surface area contributed by atoms with Gasteiger partial charge in [-0.05, 0) is 25.7 Å². The fourth-order valence-electron chi connectivity index (χ4n) is 1.32. The van der Waals surface area contributed by atoms with E-state index in [1.165, 1.54) is 0 Å². The van der Waals surface area contributed by atoms with E-state index in [9.17, 15) is 9.59 Å². The highest BCUT2D eigenvalue weighted by Gasteiger charge is 2.21. The lowest BCUT2D eigenvalue weighted by Crippen LogP contribution is -2.50. The molecule has 5 nitrogen and oxygen atoms in total. The molecule has 5 heteroatoms. The van der Waals surface area contributed by atoms with E-state index in [1.807, 2.05) is 27.7 Å². The minimum atomic E-state index is -0.662. The van der Waals surface area contributed by atoms with E-state index in [4.69, 9.17) is 5.73 Å². The number of hydrogen-bond acceptors (Lipinski definition) is 2. The van der Waals surface area contributed by atoms with Gasteiger partial charge in [0.15, 0.2) is 0 Å². The number of nitrogens with one attached hydrogen (secondary N) is 2. The average Bonchev–Trinajstić information content (AvgIpc) is 2.15. The van der Waals surface area contributed by atoms with Crippen LogP contribution in [0.2, 0.25) is 0 Å².